The highest BCUT2D eigenvalue weighted by atomic mass is 32.2. The van der Waals surface area contributed by atoms with Gasteiger partial charge in [0, 0.05) is 18.7 Å². The average Bonchev–Trinajstić information content (AvgIpc) is 3.27. The molecule has 0 aromatic heterocycles. The highest BCUT2D eigenvalue weighted by molar-refractivity contribution is 7.89. The predicted molar refractivity (Wildman–Crippen MR) is 77.0 cm³/mol. The van der Waals surface area contributed by atoms with Gasteiger partial charge in [-0.15, -0.1) is 0 Å². The molecule has 0 spiro atoms. The first-order valence-corrected chi connectivity index (χ1v) is 8.41. The van der Waals surface area contributed by atoms with E-state index in [9.17, 15) is 8.42 Å². The maximum Gasteiger partial charge on any atom is 0.245 e. The van der Waals surface area contributed by atoms with Gasteiger partial charge in [-0.3, -0.25) is 0 Å². The number of ether oxygens (including phenoxy) is 1. The highest BCUT2D eigenvalue weighted by Gasteiger charge is 2.41. The molecule has 2 fully saturated rings. The van der Waals surface area contributed by atoms with Crippen LogP contribution in [0.25, 0.3) is 0 Å². The van der Waals surface area contributed by atoms with Crippen molar-refractivity contribution in [3.63, 3.8) is 0 Å². The van der Waals surface area contributed by atoms with E-state index in [1.54, 1.807) is 22.5 Å². The largest absolute Gasteiger partial charge is 0.497 e. The van der Waals surface area contributed by atoms with Crippen LogP contribution in [0.5, 0.6) is 5.75 Å². The molecule has 2 saturated carbocycles. The number of sulfonamides is 1. The van der Waals surface area contributed by atoms with Crippen molar-refractivity contribution in [2.24, 2.45) is 5.92 Å². The fraction of sp³-hybridized carbons (Fsp3) is 0.571. The summed E-state index contributed by atoms with van der Waals surface area (Å²) in [4.78, 5) is 0.200. The lowest BCUT2D eigenvalue weighted by Crippen LogP contribution is -2.35. The molecule has 2 aliphatic rings. The number of hydrogen-bond donors (Lipinski definition) is 1. The first-order valence-electron chi connectivity index (χ1n) is 6.97. The van der Waals surface area contributed by atoms with Crippen LogP contribution in [0.4, 0.5) is 5.69 Å². The molecule has 110 valence electrons. The molecule has 2 aliphatic carbocycles. The summed E-state index contributed by atoms with van der Waals surface area (Å²) in [6, 6.07) is 4.92. The Hall–Kier alpha value is -1.27. The number of anilines is 1. The summed E-state index contributed by atoms with van der Waals surface area (Å²) in [5.41, 5.74) is 6.16. The van der Waals surface area contributed by atoms with Crippen LogP contribution in [0.15, 0.2) is 23.1 Å². The van der Waals surface area contributed by atoms with Crippen LogP contribution in [0.3, 0.4) is 0 Å². The summed E-state index contributed by atoms with van der Waals surface area (Å²) in [6.07, 6.45) is 4.19. The number of nitrogen functional groups attached to an aromatic ring is 1. The van der Waals surface area contributed by atoms with Crippen LogP contribution in [-0.2, 0) is 10.0 Å². The Morgan fingerprint density at radius 3 is 2.50 bits per heavy atom. The van der Waals surface area contributed by atoms with Gasteiger partial charge in [-0.25, -0.2) is 8.42 Å². The summed E-state index contributed by atoms with van der Waals surface area (Å²) < 4.78 is 32.3. The Morgan fingerprint density at radius 1 is 1.30 bits per heavy atom. The van der Waals surface area contributed by atoms with E-state index in [-0.39, 0.29) is 16.6 Å². The molecule has 0 amide bonds. The van der Waals surface area contributed by atoms with E-state index >= 15 is 0 Å². The number of nitrogens with zero attached hydrogens (tertiary/aromatic N) is 1. The summed E-state index contributed by atoms with van der Waals surface area (Å²) >= 11 is 0. The second kappa shape index (κ2) is 4.93. The lowest BCUT2D eigenvalue weighted by molar-refractivity contribution is 0.388. The zero-order valence-corrected chi connectivity index (χ0v) is 12.4. The fourth-order valence-electron chi connectivity index (χ4n) is 2.38. The molecule has 0 aliphatic heterocycles. The summed E-state index contributed by atoms with van der Waals surface area (Å²) in [7, 11) is -1.96. The molecule has 1 aromatic carbocycles. The molecule has 0 heterocycles. The van der Waals surface area contributed by atoms with E-state index in [1.807, 2.05) is 0 Å². The number of hydrogen-bond acceptors (Lipinski definition) is 4. The van der Waals surface area contributed by atoms with Gasteiger partial charge in [0.05, 0.1) is 12.8 Å². The molecule has 0 radical (unpaired) electrons. The van der Waals surface area contributed by atoms with E-state index in [1.165, 1.54) is 7.11 Å². The zero-order chi connectivity index (χ0) is 14.3. The average molecular weight is 296 g/mol. The molecule has 20 heavy (non-hydrogen) atoms. The lowest BCUT2D eigenvalue weighted by atomic mass is 10.3. The van der Waals surface area contributed by atoms with E-state index in [4.69, 9.17) is 10.5 Å². The second-order valence-corrected chi connectivity index (χ2v) is 7.51. The van der Waals surface area contributed by atoms with Crippen molar-refractivity contribution >= 4 is 15.7 Å². The maximum absolute atomic E-state index is 12.8. The number of methoxy groups -OCH3 is 1. The van der Waals surface area contributed by atoms with Gasteiger partial charge in [0.2, 0.25) is 10.0 Å². The molecule has 0 saturated heterocycles. The Labute approximate surface area is 119 Å². The van der Waals surface area contributed by atoms with Crippen molar-refractivity contribution in [2.45, 2.75) is 36.6 Å². The lowest BCUT2D eigenvalue weighted by Gasteiger charge is -2.22. The molecule has 0 bridgehead atoms. The third-order valence-electron chi connectivity index (χ3n) is 3.89. The minimum atomic E-state index is -3.50. The molecule has 0 atom stereocenters. The number of benzene rings is 1. The zero-order valence-electron chi connectivity index (χ0n) is 11.6. The van der Waals surface area contributed by atoms with Crippen molar-refractivity contribution in [2.75, 3.05) is 19.4 Å². The van der Waals surface area contributed by atoms with Gasteiger partial charge in [0.15, 0.2) is 0 Å². The topological polar surface area (TPSA) is 72.6 Å². The number of rotatable bonds is 6. The van der Waals surface area contributed by atoms with Gasteiger partial charge >= 0.3 is 0 Å². The molecule has 1 aromatic rings. The SMILES string of the molecule is COc1ccc(S(=O)(=O)N(CC2CC2)C2CC2)c(N)c1. The Bertz CT molecular complexity index is 607. The van der Waals surface area contributed by atoms with Gasteiger partial charge in [0.25, 0.3) is 0 Å². The molecule has 5 nitrogen and oxygen atoms in total. The van der Waals surface area contributed by atoms with Gasteiger partial charge in [0.1, 0.15) is 10.6 Å². The Morgan fingerprint density at radius 2 is 2.00 bits per heavy atom. The van der Waals surface area contributed by atoms with Gasteiger partial charge < -0.3 is 10.5 Å². The molecule has 3 rings (SSSR count). The third-order valence-corrected chi connectivity index (χ3v) is 5.89. The smallest absolute Gasteiger partial charge is 0.245 e. The van der Waals surface area contributed by atoms with Crippen molar-refractivity contribution in [1.29, 1.82) is 0 Å². The van der Waals surface area contributed by atoms with E-state index in [0.29, 0.717) is 18.2 Å². The molecule has 0 unspecified atom stereocenters. The van der Waals surface area contributed by atoms with Crippen LogP contribution in [-0.4, -0.2) is 32.4 Å². The summed E-state index contributed by atoms with van der Waals surface area (Å²) in [5, 5.41) is 0. The van der Waals surface area contributed by atoms with Gasteiger partial charge in [-0.05, 0) is 43.7 Å². The summed E-state index contributed by atoms with van der Waals surface area (Å²) in [5.74, 6) is 1.10. The van der Waals surface area contributed by atoms with Crippen LogP contribution >= 0.6 is 0 Å². The highest BCUT2D eigenvalue weighted by Crippen LogP contribution is 2.39. The Kier molecular flexibility index (Phi) is 3.38. The van der Waals surface area contributed by atoms with E-state index in [0.717, 1.165) is 25.7 Å². The second-order valence-electron chi connectivity index (χ2n) is 5.65. The molecular formula is C14H20N2O3S. The van der Waals surface area contributed by atoms with Crippen molar-refractivity contribution < 1.29 is 13.2 Å². The maximum atomic E-state index is 12.8. The fourth-order valence-corrected chi connectivity index (χ4v) is 4.24. The van der Waals surface area contributed by atoms with Crippen molar-refractivity contribution in [3.05, 3.63) is 18.2 Å². The first kappa shape index (κ1) is 13.7. The summed E-state index contributed by atoms with van der Waals surface area (Å²) in [6.45, 7) is 0.637. The Balaban J connectivity index is 1.92. The van der Waals surface area contributed by atoms with Crippen molar-refractivity contribution in [1.82, 2.24) is 4.31 Å². The number of nitrogens with two attached hydrogens (primary N) is 1. The first-order chi connectivity index (χ1) is 9.52. The van der Waals surface area contributed by atoms with Crippen molar-refractivity contribution in [3.8, 4) is 5.75 Å². The third kappa shape index (κ3) is 2.62. The monoisotopic (exact) mass is 296 g/mol. The molecule has 6 heteroatoms. The normalized spacial score (nSPS) is 19.3. The minimum absolute atomic E-state index is 0.169. The molecule has 2 N–H and O–H groups in total. The predicted octanol–water partition coefficient (Wildman–Crippen LogP) is 1.84. The van der Waals surface area contributed by atoms with E-state index in [2.05, 4.69) is 0 Å². The van der Waals surface area contributed by atoms with Gasteiger partial charge in [-0.1, -0.05) is 0 Å². The van der Waals surface area contributed by atoms with Crippen LogP contribution < -0.4 is 10.5 Å². The quantitative estimate of drug-likeness (QED) is 0.813. The van der Waals surface area contributed by atoms with Crippen LogP contribution in [0, 0.1) is 5.92 Å². The molecular weight excluding hydrogens is 276 g/mol. The van der Waals surface area contributed by atoms with E-state index < -0.39 is 10.0 Å². The van der Waals surface area contributed by atoms with Crippen LogP contribution in [0.2, 0.25) is 0 Å². The minimum Gasteiger partial charge on any atom is -0.497 e. The van der Waals surface area contributed by atoms with Crippen LogP contribution in [0.1, 0.15) is 25.7 Å². The standard InChI is InChI=1S/C14H20N2O3S/c1-19-12-6-7-14(13(15)8-12)20(17,18)16(11-4-5-11)9-10-2-3-10/h6-8,10-11H,2-5,9,15H2,1H3. The van der Waals surface area contributed by atoms with Gasteiger partial charge in [-0.2, -0.15) is 4.31 Å².